The molecule has 2 N–H and O–H groups in total. The van der Waals surface area contributed by atoms with Crippen LogP contribution >= 0.6 is 12.2 Å². The van der Waals surface area contributed by atoms with Crippen LogP contribution < -0.4 is 10.6 Å². The molecule has 0 unspecified atom stereocenters. The molecule has 1 rings (SSSR count). The molecule has 0 aliphatic rings. The number of aryl methyl sites for hydroxylation is 1. The van der Waals surface area contributed by atoms with Crippen LogP contribution in [-0.4, -0.2) is 11.7 Å². The highest BCUT2D eigenvalue weighted by Crippen LogP contribution is 2.21. The lowest BCUT2D eigenvalue weighted by Crippen LogP contribution is -2.29. The SMILES string of the molecule is C=C(C)CNC(=S)Nc1ccc(C)c(C)c1C. The molecule has 0 radical (unpaired) electrons. The molecule has 2 nitrogen and oxygen atoms in total. The summed E-state index contributed by atoms with van der Waals surface area (Å²) in [6.07, 6.45) is 0. The van der Waals surface area contributed by atoms with E-state index in [1.165, 1.54) is 16.7 Å². The van der Waals surface area contributed by atoms with Crippen LogP contribution in [-0.2, 0) is 0 Å². The van der Waals surface area contributed by atoms with Crippen LogP contribution in [0.4, 0.5) is 5.69 Å². The van der Waals surface area contributed by atoms with Crippen molar-refractivity contribution >= 4 is 23.0 Å². The lowest BCUT2D eigenvalue weighted by atomic mass is 10.0. The van der Waals surface area contributed by atoms with Gasteiger partial charge in [-0.25, -0.2) is 0 Å². The van der Waals surface area contributed by atoms with E-state index >= 15 is 0 Å². The Kier molecular flexibility index (Phi) is 4.70. The van der Waals surface area contributed by atoms with Crippen LogP contribution in [0.5, 0.6) is 0 Å². The fraction of sp³-hybridized carbons (Fsp3) is 0.357. The fourth-order valence-corrected chi connectivity index (χ4v) is 1.67. The molecule has 3 heteroatoms. The summed E-state index contributed by atoms with van der Waals surface area (Å²) in [6, 6.07) is 4.17. The van der Waals surface area contributed by atoms with Crippen molar-refractivity contribution < 1.29 is 0 Å². The highest BCUT2D eigenvalue weighted by molar-refractivity contribution is 7.80. The van der Waals surface area contributed by atoms with Crippen molar-refractivity contribution in [3.05, 3.63) is 41.0 Å². The van der Waals surface area contributed by atoms with Crippen LogP contribution in [0.3, 0.4) is 0 Å². The van der Waals surface area contributed by atoms with Gasteiger partial charge in [-0.2, -0.15) is 0 Å². The molecule has 0 amide bonds. The zero-order valence-corrected chi connectivity index (χ0v) is 11.8. The van der Waals surface area contributed by atoms with E-state index in [4.69, 9.17) is 12.2 Å². The molecule has 0 aromatic heterocycles. The van der Waals surface area contributed by atoms with Gasteiger partial charge in [0, 0.05) is 12.2 Å². The number of anilines is 1. The second-order valence-electron chi connectivity index (χ2n) is 4.44. The van der Waals surface area contributed by atoms with E-state index in [1.54, 1.807) is 0 Å². The summed E-state index contributed by atoms with van der Waals surface area (Å²) in [7, 11) is 0. The van der Waals surface area contributed by atoms with Gasteiger partial charge < -0.3 is 10.6 Å². The van der Waals surface area contributed by atoms with Gasteiger partial charge in [0.05, 0.1) is 0 Å². The summed E-state index contributed by atoms with van der Waals surface area (Å²) in [4.78, 5) is 0. The molecule has 1 aromatic rings. The fourth-order valence-electron chi connectivity index (χ4n) is 1.49. The number of hydrogen-bond donors (Lipinski definition) is 2. The maximum atomic E-state index is 5.23. The van der Waals surface area contributed by atoms with Crippen molar-refractivity contribution in [2.24, 2.45) is 0 Å². The third-order valence-electron chi connectivity index (χ3n) is 2.86. The first-order chi connectivity index (χ1) is 7.91. The number of benzene rings is 1. The Labute approximate surface area is 109 Å². The number of nitrogens with one attached hydrogen (secondary N) is 2. The summed E-state index contributed by atoms with van der Waals surface area (Å²) in [6.45, 7) is 12.8. The first-order valence-corrected chi connectivity index (χ1v) is 6.08. The molecule has 17 heavy (non-hydrogen) atoms. The molecule has 0 saturated heterocycles. The molecule has 0 aliphatic carbocycles. The zero-order chi connectivity index (χ0) is 13.0. The van der Waals surface area contributed by atoms with Crippen LogP contribution in [0, 0.1) is 20.8 Å². The predicted octanol–water partition coefficient (Wildman–Crippen LogP) is 3.47. The summed E-state index contributed by atoms with van der Waals surface area (Å²) >= 11 is 5.23. The Balaban J connectivity index is 2.72. The van der Waals surface area contributed by atoms with Crippen LogP contribution in [0.15, 0.2) is 24.3 Å². The van der Waals surface area contributed by atoms with Crippen LogP contribution in [0.1, 0.15) is 23.6 Å². The standard InChI is InChI=1S/C14H20N2S/c1-9(2)8-15-14(17)16-13-7-6-10(3)11(4)12(13)5/h6-7H,1,8H2,2-5H3,(H2,15,16,17). The van der Waals surface area contributed by atoms with Gasteiger partial charge in [0.1, 0.15) is 0 Å². The molecular formula is C14H20N2S. The highest BCUT2D eigenvalue weighted by Gasteiger charge is 2.04. The molecule has 0 saturated carbocycles. The van der Waals surface area contributed by atoms with Crippen molar-refractivity contribution in [1.29, 1.82) is 0 Å². The summed E-state index contributed by atoms with van der Waals surface area (Å²) < 4.78 is 0. The average molecular weight is 248 g/mol. The van der Waals surface area contributed by atoms with Gasteiger partial charge in [-0.1, -0.05) is 18.2 Å². The Morgan fingerprint density at radius 1 is 1.24 bits per heavy atom. The third-order valence-corrected chi connectivity index (χ3v) is 3.10. The van der Waals surface area contributed by atoms with E-state index in [9.17, 15) is 0 Å². The Morgan fingerprint density at radius 3 is 2.47 bits per heavy atom. The number of thiocarbonyl (C=S) groups is 1. The van der Waals surface area contributed by atoms with E-state index < -0.39 is 0 Å². The second-order valence-corrected chi connectivity index (χ2v) is 4.85. The largest absolute Gasteiger partial charge is 0.359 e. The Morgan fingerprint density at radius 2 is 1.88 bits per heavy atom. The molecule has 0 spiro atoms. The van der Waals surface area contributed by atoms with Gasteiger partial charge in [0.25, 0.3) is 0 Å². The quantitative estimate of drug-likeness (QED) is 0.632. The maximum absolute atomic E-state index is 5.23. The van der Waals surface area contributed by atoms with Gasteiger partial charge >= 0.3 is 0 Å². The first-order valence-electron chi connectivity index (χ1n) is 5.68. The minimum absolute atomic E-state index is 0.638. The summed E-state index contributed by atoms with van der Waals surface area (Å²) in [5.41, 5.74) is 5.97. The number of hydrogen-bond acceptors (Lipinski definition) is 1. The lowest BCUT2D eigenvalue weighted by Gasteiger charge is -2.15. The smallest absolute Gasteiger partial charge is 0.171 e. The molecule has 0 bridgehead atoms. The van der Waals surface area contributed by atoms with Crippen LogP contribution in [0.25, 0.3) is 0 Å². The van der Waals surface area contributed by atoms with Crippen molar-refractivity contribution in [2.75, 3.05) is 11.9 Å². The summed E-state index contributed by atoms with van der Waals surface area (Å²) in [5.74, 6) is 0. The zero-order valence-electron chi connectivity index (χ0n) is 11.0. The lowest BCUT2D eigenvalue weighted by molar-refractivity contribution is 0.999. The minimum atomic E-state index is 0.638. The molecule has 1 aromatic carbocycles. The van der Waals surface area contributed by atoms with Crippen LogP contribution in [0.2, 0.25) is 0 Å². The van der Waals surface area contributed by atoms with Crippen molar-refractivity contribution in [3.8, 4) is 0 Å². The normalized spacial score (nSPS) is 9.88. The van der Waals surface area contributed by atoms with E-state index in [1.807, 2.05) is 6.92 Å². The Hall–Kier alpha value is -1.35. The van der Waals surface area contributed by atoms with Crippen molar-refractivity contribution in [3.63, 3.8) is 0 Å². The van der Waals surface area contributed by atoms with Crippen molar-refractivity contribution in [2.45, 2.75) is 27.7 Å². The van der Waals surface area contributed by atoms with Gasteiger partial charge in [-0.3, -0.25) is 0 Å². The second kappa shape index (κ2) is 5.82. The van der Waals surface area contributed by atoms with E-state index in [0.29, 0.717) is 11.7 Å². The van der Waals surface area contributed by atoms with Gasteiger partial charge in [0.15, 0.2) is 5.11 Å². The maximum Gasteiger partial charge on any atom is 0.171 e. The minimum Gasteiger partial charge on any atom is -0.359 e. The molecule has 0 fully saturated rings. The van der Waals surface area contributed by atoms with Gasteiger partial charge in [0.2, 0.25) is 0 Å². The van der Waals surface area contributed by atoms with E-state index in [-0.39, 0.29) is 0 Å². The third kappa shape index (κ3) is 3.86. The first kappa shape index (κ1) is 13.7. The average Bonchev–Trinajstić information content (AvgIpc) is 2.27. The highest BCUT2D eigenvalue weighted by atomic mass is 32.1. The van der Waals surface area contributed by atoms with Gasteiger partial charge in [-0.05, 0) is 62.7 Å². The molecule has 92 valence electrons. The summed E-state index contributed by atoms with van der Waals surface area (Å²) in [5, 5.41) is 6.96. The molecular weight excluding hydrogens is 228 g/mol. The monoisotopic (exact) mass is 248 g/mol. The topological polar surface area (TPSA) is 24.1 Å². The number of rotatable bonds is 3. The molecule has 0 heterocycles. The van der Waals surface area contributed by atoms with Crippen molar-refractivity contribution in [1.82, 2.24) is 5.32 Å². The molecule has 0 aliphatic heterocycles. The van der Waals surface area contributed by atoms with E-state index in [0.717, 1.165) is 11.3 Å². The van der Waals surface area contributed by atoms with E-state index in [2.05, 4.69) is 50.1 Å². The Bertz CT molecular complexity index is 450. The predicted molar refractivity (Wildman–Crippen MR) is 79.7 cm³/mol. The molecule has 0 atom stereocenters. The van der Waals surface area contributed by atoms with Gasteiger partial charge in [-0.15, -0.1) is 0 Å².